The van der Waals surface area contributed by atoms with Gasteiger partial charge in [0.1, 0.15) is 6.04 Å². The van der Waals surface area contributed by atoms with Crippen LogP contribution in [0.15, 0.2) is 18.2 Å². The molecule has 26 heavy (non-hydrogen) atoms. The van der Waals surface area contributed by atoms with E-state index in [-0.39, 0.29) is 29.9 Å². The first-order chi connectivity index (χ1) is 12.2. The Bertz CT molecular complexity index is 708. The number of alkyl halides is 2. The largest absolute Gasteiger partial charge is 0.467 e. The van der Waals surface area contributed by atoms with Gasteiger partial charge in [0, 0.05) is 26.3 Å². The van der Waals surface area contributed by atoms with Crippen LogP contribution in [0.1, 0.15) is 31.7 Å². The zero-order chi connectivity index (χ0) is 19.4. The van der Waals surface area contributed by atoms with Gasteiger partial charge in [0.05, 0.1) is 7.11 Å². The Morgan fingerprint density at radius 3 is 2.42 bits per heavy atom. The maximum atomic E-state index is 12.5. The lowest BCUT2D eigenvalue weighted by Crippen LogP contribution is -2.39. The molecule has 0 spiro atoms. The number of nitrogens with zero attached hydrogens (tertiary/aromatic N) is 1. The van der Waals surface area contributed by atoms with Crippen LogP contribution in [0.25, 0.3) is 0 Å². The third-order valence-corrected chi connectivity index (χ3v) is 4.09. The van der Waals surface area contributed by atoms with Crippen LogP contribution in [-0.2, 0) is 19.1 Å². The standard InChI is InChI=1S/C17H19F2NO6/c1-9(21)20-8-12(6-13(20)16(23)24-3)11-4-5-14(26-17(18)19)15(7-11)25-10(2)22/h4-5,7,12-13,17H,6,8H2,1-3H3/t12?,13-/m1/s1. The molecule has 1 aliphatic heterocycles. The van der Waals surface area contributed by atoms with E-state index in [1.807, 2.05) is 0 Å². The van der Waals surface area contributed by atoms with E-state index >= 15 is 0 Å². The number of hydrogen-bond acceptors (Lipinski definition) is 6. The molecule has 1 unspecified atom stereocenters. The molecule has 1 aliphatic rings. The lowest BCUT2D eigenvalue weighted by molar-refractivity contribution is -0.150. The molecule has 1 heterocycles. The molecule has 1 aromatic rings. The minimum atomic E-state index is -3.07. The summed E-state index contributed by atoms with van der Waals surface area (Å²) >= 11 is 0. The van der Waals surface area contributed by atoms with E-state index in [9.17, 15) is 23.2 Å². The first kappa shape index (κ1) is 19.6. The van der Waals surface area contributed by atoms with Crippen molar-refractivity contribution in [2.75, 3.05) is 13.7 Å². The summed E-state index contributed by atoms with van der Waals surface area (Å²) in [6.45, 7) is -0.330. The Balaban J connectivity index is 2.31. The van der Waals surface area contributed by atoms with E-state index in [0.29, 0.717) is 12.0 Å². The summed E-state index contributed by atoms with van der Waals surface area (Å²) in [7, 11) is 1.24. The number of methoxy groups -OCH3 is 1. The van der Waals surface area contributed by atoms with E-state index < -0.39 is 24.6 Å². The van der Waals surface area contributed by atoms with Crippen LogP contribution in [0.3, 0.4) is 0 Å². The maximum absolute atomic E-state index is 12.5. The maximum Gasteiger partial charge on any atom is 0.387 e. The van der Waals surface area contributed by atoms with E-state index in [0.717, 1.165) is 6.92 Å². The number of benzene rings is 1. The molecule has 0 aromatic heterocycles. The van der Waals surface area contributed by atoms with Crippen molar-refractivity contribution in [1.29, 1.82) is 0 Å². The van der Waals surface area contributed by atoms with E-state index in [1.165, 1.54) is 37.1 Å². The average Bonchev–Trinajstić information content (AvgIpc) is 3.00. The minimum Gasteiger partial charge on any atom is -0.467 e. The number of likely N-dealkylation sites (tertiary alicyclic amines) is 1. The smallest absolute Gasteiger partial charge is 0.387 e. The Hall–Kier alpha value is -2.71. The average molecular weight is 371 g/mol. The molecular weight excluding hydrogens is 352 g/mol. The molecule has 0 N–H and O–H groups in total. The number of hydrogen-bond donors (Lipinski definition) is 0. The van der Waals surface area contributed by atoms with Gasteiger partial charge in [-0.1, -0.05) is 6.07 Å². The molecule has 7 nitrogen and oxygen atoms in total. The fourth-order valence-corrected chi connectivity index (χ4v) is 2.99. The van der Waals surface area contributed by atoms with Crippen molar-refractivity contribution in [1.82, 2.24) is 4.90 Å². The predicted molar refractivity (Wildman–Crippen MR) is 84.9 cm³/mol. The summed E-state index contributed by atoms with van der Waals surface area (Å²) in [5, 5.41) is 0. The number of rotatable bonds is 5. The van der Waals surface area contributed by atoms with Crippen molar-refractivity contribution < 1.29 is 37.4 Å². The van der Waals surface area contributed by atoms with Crippen LogP contribution >= 0.6 is 0 Å². The Kier molecular flexibility index (Phi) is 6.12. The molecule has 2 rings (SSSR count). The molecule has 1 amide bonds. The van der Waals surface area contributed by atoms with Gasteiger partial charge in [0.2, 0.25) is 5.91 Å². The summed E-state index contributed by atoms with van der Waals surface area (Å²) in [6, 6.07) is 3.48. The molecule has 142 valence electrons. The highest BCUT2D eigenvalue weighted by molar-refractivity contribution is 5.84. The fraction of sp³-hybridized carbons (Fsp3) is 0.471. The molecule has 0 radical (unpaired) electrons. The van der Waals surface area contributed by atoms with Gasteiger partial charge >= 0.3 is 18.6 Å². The number of esters is 2. The topological polar surface area (TPSA) is 82.1 Å². The molecule has 0 saturated carbocycles. The Labute approximate surface area is 148 Å². The van der Waals surface area contributed by atoms with Crippen molar-refractivity contribution in [2.24, 2.45) is 0 Å². The van der Waals surface area contributed by atoms with Crippen LogP contribution in [0.2, 0.25) is 0 Å². The normalized spacial score (nSPS) is 19.4. The van der Waals surface area contributed by atoms with E-state index in [1.54, 1.807) is 0 Å². The third kappa shape index (κ3) is 4.47. The van der Waals surface area contributed by atoms with Crippen molar-refractivity contribution in [3.8, 4) is 11.5 Å². The van der Waals surface area contributed by atoms with Gasteiger partial charge in [0.25, 0.3) is 0 Å². The second-order valence-electron chi connectivity index (χ2n) is 5.82. The molecule has 0 bridgehead atoms. The van der Waals surface area contributed by atoms with Crippen molar-refractivity contribution in [3.05, 3.63) is 23.8 Å². The highest BCUT2D eigenvalue weighted by Gasteiger charge is 2.39. The summed E-state index contributed by atoms with van der Waals surface area (Å²) < 4.78 is 39.0. The van der Waals surface area contributed by atoms with Gasteiger partial charge in [-0.05, 0) is 24.1 Å². The monoisotopic (exact) mass is 371 g/mol. The summed E-state index contributed by atoms with van der Waals surface area (Å²) in [4.78, 5) is 36.3. The third-order valence-electron chi connectivity index (χ3n) is 4.09. The van der Waals surface area contributed by atoms with Gasteiger partial charge in [-0.25, -0.2) is 4.79 Å². The van der Waals surface area contributed by atoms with Crippen molar-refractivity contribution >= 4 is 17.8 Å². The summed E-state index contributed by atoms with van der Waals surface area (Å²) in [6.07, 6.45) is 0.306. The lowest BCUT2D eigenvalue weighted by Gasteiger charge is -2.20. The number of ether oxygens (including phenoxy) is 3. The number of amides is 1. The van der Waals surface area contributed by atoms with Gasteiger partial charge in [-0.3, -0.25) is 9.59 Å². The molecule has 9 heteroatoms. The highest BCUT2D eigenvalue weighted by Crippen LogP contribution is 2.37. The van der Waals surface area contributed by atoms with Crippen LogP contribution in [0.5, 0.6) is 11.5 Å². The van der Waals surface area contributed by atoms with Gasteiger partial charge in [-0.15, -0.1) is 0 Å². The predicted octanol–water partition coefficient (Wildman–Crippen LogP) is 2.09. The second kappa shape index (κ2) is 8.11. The zero-order valence-electron chi connectivity index (χ0n) is 14.5. The molecular formula is C17H19F2NO6. The van der Waals surface area contributed by atoms with Crippen LogP contribution in [0.4, 0.5) is 8.78 Å². The molecule has 0 aliphatic carbocycles. The number of halogens is 2. The van der Waals surface area contributed by atoms with Gasteiger partial charge < -0.3 is 19.1 Å². The Morgan fingerprint density at radius 1 is 1.19 bits per heavy atom. The van der Waals surface area contributed by atoms with Gasteiger partial charge in [0.15, 0.2) is 11.5 Å². The first-order valence-electron chi connectivity index (χ1n) is 7.85. The van der Waals surface area contributed by atoms with Crippen LogP contribution < -0.4 is 9.47 Å². The molecule has 2 atom stereocenters. The zero-order valence-corrected chi connectivity index (χ0v) is 14.5. The van der Waals surface area contributed by atoms with E-state index in [4.69, 9.17) is 9.47 Å². The molecule has 1 fully saturated rings. The van der Waals surface area contributed by atoms with Gasteiger partial charge in [-0.2, -0.15) is 8.78 Å². The first-order valence-corrected chi connectivity index (χ1v) is 7.85. The quantitative estimate of drug-likeness (QED) is 0.582. The van der Waals surface area contributed by atoms with Crippen molar-refractivity contribution in [3.63, 3.8) is 0 Å². The number of carbonyl (C=O) groups is 3. The van der Waals surface area contributed by atoms with Crippen molar-refractivity contribution in [2.45, 2.75) is 38.8 Å². The minimum absolute atomic E-state index is 0.147. The summed E-state index contributed by atoms with van der Waals surface area (Å²) in [5.74, 6) is -2.17. The van der Waals surface area contributed by atoms with Crippen LogP contribution in [-0.4, -0.2) is 49.1 Å². The highest BCUT2D eigenvalue weighted by atomic mass is 19.3. The molecule has 1 aromatic carbocycles. The number of carbonyl (C=O) groups excluding carboxylic acids is 3. The Morgan fingerprint density at radius 2 is 1.88 bits per heavy atom. The second-order valence-corrected chi connectivity index (χ2v) is 5.82. The molecule has 1 saturated heterocycles. The summed E-state index contributed by atoms with van der Waals surface area (Å²) in [5.41, 5.74) is 0.625. The lowest BCUT2D eigenvalue weighted by atomic mass is 9.96. The fourth-order valence-electron chi connectivity index (χ4n) is 2.99. The van der Waals surface area contributed by atoms with E-state index in [2.05, 4.69) is 4.74 Å². The van der Waals surface area contributed by atoms with Crippen LogP contribution in [0, 0.1) is 0 Å². The SMILES string of the molecule is COC(=O)[C@H]1CC(c2ccc(OC(F)F)c(OC(C)=O)c2)CN1C(C)=O.